The van der Waals surface area contributed by atoms with E-state index >= 15 is 0 Å². The second-order valence-corrected chi connectivity index (χ2v) is 15.8. The van der Waals surface area contributed by atoms with E-state index < -0.39 is 0 Å². The fourth-order valence-electron chi connectivity index (χ4n) is 9.67. The topological polar surface area (TPSA) is 0 Å². The molecule has 1 aliphatic carbocycles. The third-order valence-electron chi connectivity index (χ3n) is 12.9. The van der Waals surface area contributed by atoms with Gasteiger partial charge in [-0.25, -0.2) is 0 Å². The van der Waals surface area contributed by atoms with E-state index in [1.165, 1.54) is 136 Å². The van der Waals surface area contributed by atoms with E-state index in [9.17, 15) is 0 Å². The van der Waals surface area contributed by atoms with Crippen LogP contribution < -0.4 is 0 Å². The maximum Gasteiger partial charge on any atom is 0.0215 e. The van der Waals surface area contributed by atoms with E-state index in [1.807, 2.05) is 0 Å². The fourth-order valence-corrected chi connectivity index (χ4v) is 9.67. The van der Waals surface area contributed by atoms with Crippen molar-refractivity contribution in [3.63, 3.8) is 0 Å². The van der Waals surface area contributed by atoms with Gasteiger partial charge in [-0.3, -0.25) is 0 Å². The molecular formula is C50H72. The zero-order chi connectivity index (χ0) is 36.0. The van der Waals surface area contributed by atoms with Gasteiger partial charge >= 0.3 is 0 Å². The first kappa shape index (κ1) is 39.9. The lowest BCUT2D eigenvalue weighted by Crippen LogP contribution is -2.30. The van der Waals surface area contributed by atoms with Crippen LogP contribution in [0.2, 0.25) is 0 Å². The van der Waals surface area contributed by atoms with E-state index in [0.717, 1.165) is 12.8 Å². The molecule has 4 rings (SSSR count). The molecule has 2 atom stereocenters. The summed E-state index contributed by atoms with van der Waals surface area (Å²) in [6, 6.07) is 26.9. The van der Waals surface area contributed by atoms with Crippen molar-refractivity contribution in [1.82, 2.24) is 0 Å². The second kappa shape index (κ2) is 19.1. The van der Waals surface area contributed by atoms with Gasteiger partial charge in [-0.2, -0.15) is 0 Å². The summed E-state index contributed by atoms with van der Waals surface area (Å²) in [6.45, 7) is 20.7. The molecule has 0 saturated heterocycles. The summed E-state index contributed by atoms with van der Waals surface area (Å²) < 4.78 is 0. The Labute approximate surface area is 309 Å². The maximum atomic E-state index is 4.26. The SMILES string of the molecule is C=CC(=CC)C(C)(CC)c1ccc2c(c1)C(CCCCCCCC)(CCCCCCCC)c1cc(C(CC)(CCC)c3ccccc3)ccc1-2. The minimum atomic E-state index is -0.0523. The Morgan fingerprint density at radius 3 is 1.60 bits per heavy atom. The lowest BCUT2D eigenvalue weighted by molar-refractivity contribution is 0.394. The molecule has 0 fully saturated rings. The number of fused-ring (bicyclic) bond motifs is 3. The summed E-state index contributed by atoms with van der Waals surface area (Å²) in [5.41, 5.74) is 12.0. The Kier molecular flexibility index (Phi) is 15.3. The lowest BCUT2D eigenvalue weighted by atomic mass is 9.66. The Bertz CT molecular complexity index is 1490. The molecule has 0 saturated carbocycles. The van der Waals surface area contributed by atoms with E-state index in [4.69, 9.17) is 0 Å². The smallest absolute Gasteiger partial charge is 0.0215 e. The third-order valence-corrected chi connectivity index (χ3v) is 12.9. The van der Waals surface area contributed by atoms with Crippen molar-refractivity contribution in [2.24, 2.45) is 0 Å². The highest BCUT2D eigenvalue weighted by Crippen LogP contribution is 2.57. The largest absolute Gasteiger partial charge is 0.0988 e. The van der Waals surface area contributed by atoms with Crippen LogP contribution in [0.15, 0.2) is 91.0 Å². The van der Waals surface area contributed by atoms with Crippen molar-refractivity contribution in [3.05, 3.63) is 119 Å². The average molecular weight is 673 g/mol. The number of allylic oxidation sites excluding steroid dienone is 3. The van der Waals surface area contributed by atoms with Gasteiger partial charge in [-0.15, -0.1) is 0 Å². The number of unbranched alkanes of at least 4 members (excludes halogenated alkanes) is 10. The summed E-state index contributed by atoms with van der Waals surface area (Å²) in [5.74, 6) is 0. The highest BCUT2D eigenvalue weighted by atomic mass is 14.5. The summed E-state index contributed by atoms with van der Waals surface area (Å²) in [6.07, 6.45) is 27.5. The van der Waals surface area contributed by atoms with Gasteiger partial charge < -0.3 is 0 Å². The normalized spacial score (nSPS) is 16.0. The van der Waals surface area contributed by atoms with Crippen molar-refractivity contribution in [2.45, 2.75) is 180 Å². The highest BCUT2D eigenvalue weighted by molar-refractivity contribution is 5.82. The first-order chi connectivity index (χ1) is 24.3. The molecule has 2 unspecified atom stereocenters. The highest BCUT2D eigenvalue weighted by Gasteiger charge is 2.44. The van der Waals surface area contributed by atoms with Crippen LogP contribution in [0.3, 0.4) is 0 Å². The van der Waals surface area contributed by atoms with Crippen LogP contribution in [0.25, 0.3) is 11.1 Å². The number of rotatable bonds is 23. The van der Waals surface area contributed by atoms with Crippen molar-refractivity contribution in [1.29, 1.82) is 0 Å². The van der Waals surface area contributed by atoms with E-state index in [1.54, 1.807) is 11.1 Å². The molecule has 50 heavy (non-hydrogen) atoms. The summed E-state index contributed by atoms with van der Waals surface area (Å²) >= 11 is 0. The van der Waals surface area contributed by atoms with Gasteiger partial charge in [0, 0.05) is 16.2 Å². The van der Waals surface area contributed by atoms with Crippen molar-refractivity contribution < 1.29 is 0 Å². The summed E-state index contributed by atoms with van der Waals surface area (Å²) in [5, 5.41) is 0. The van der Waals surface area contributed by atoms with Gasteiger partial charge in [0.15, 0.2) is 0 Å². The Hall–Kier alpha value is -2.86. The number of hydrogen-bond acceptors (Lipinski definition) is 0. The predicted octanol–water partition coefficient (Wildman–Crippen LogP) is 15.8. The molecule has 3 aromatic carbocycles. The van der Waals surface area contributed by atoms with Crippen LogP contribution in [0, 0.1) is 0 Å². The molecule has 0 aromatic heterocycles. The van der Waals surface area contributed by atoms with Crippen molar-refractivity contribution in [3.8, 4) is 11.1 Å². The van der Waals surface area contributed by atoms with Crippen LogP contribution in [0.4, 0.5) is 0 Å². The Morgan fingerprint density at radius 2 is 1.12 bits per heavy atom. The van der Waals surface area contributed by atoms with Crippen LogP contribution in [0.5, 0.6) is 0 Å². The maximum absolute atomic E-state index is 4.26. The van der Waals surface area contributed by atoms with Crippen molar-refractivity contribution >= 4 is 0 Å². The van der Waals surface area contributed by atoms with Gasteiger partial charge in [-0.1, -0.05) is 210 Å². The minimum Gasteiger partial charge on any atom is -0.0988 e. The lowest BCUT2D eigenvalue weighted by Gasteiger charge is -2.38. The van der Waals surface area contributed by atoms with Gasteiger partial charge in [-0.05, 0) is 83.5 Å². The summed E-state index contributed by atoms with van der Waals surface area (Å²) in [7, 11) is 0. The summed E-state index contributed by atoms with van der Waals surface area (Å²) in [4.78, 5) is 0. The van der Waals surface area contributed by atoms with Gasteiger partial charge in [0.05, 0.1) is 0 Å². The molecule has 0 N–H and O–H groups in total. The third kappa shape index (κ3) is 8.27. The number of hydrogen-bond donors (Lipinski definition) is 0. The van der Waals surface area contributed by atoms with Crippen LogP contribution in [0.1, 0.15) is 192 Å². The zero-order valence-corrected chi connectivity index (χ0v) is 33.4. The van der Waals surface area contributed by atoms with Crippen molar-refractivity contribution in [2.75, 3.05) is 0 Å². The minimum absolute atomic E-state index is 0.0303. The van der Waals surface area contributed by atoms with E-state index in [-0.39, 0.29) is 16.2 Å². The molecule has 0 heterocycles. The fraction of sp³-hybridized carbons (Fsp3) is 0.560. The molecule has 0 amide bonds. The quantitative estimate of drug-likeness (QED) is 0.0695. The van der Waals surface area contributed by atoms with E-state index in [2.05, 4.69) is 134 Å². The van der Waals surface area contributed by atoms with E-state index in [0.29, 0.717) is 0 Å². The van der Waals surface area contributed by atoms with Gasteiger partial charge in [0.1, 0.15) is 0 Å². The van der Waals surface area contributed by atoms with Crippen LogP contribution >= 0.6 is 0 Å². The Balaban J connectivity index is 1.93. The molecule has 0 aliphatic heterocycles. The molecule has 1 aliphatic rings. The van der Waals surface area contributed by atoms with Gasteiger partial charge in [0.25, 0.3) is 0 Å². The molecule has 0 heteroatoms. The first-order valence-electron chi connectivity index (χ1n) is 21.0. The standard InChI is InChI=1S/C50H72/c1-9-16-18-20-22-27-36-50(37-28-23-21-19-17-10-2)46-38-42(48(8,14-6)40(12-4)13-5)31-33-44(46)45-34-32-43(39-47(45)50)49(15-7,35-11-3)41-29-25-24-26-30-41/h12-13,24-26,29-34,38-39H,4,9-11,14-23,27-28,35-37H2,1-3,5-8H3. The molecular weight excluding hydrogens is 601 g/mol. The zero-order valence-electron chi connectivity index (χ0n) is 33.4. The molecule has 0 bridgehead atoms. The molecule has 0 nitrogen and oxygen atoms in total. The molecule has 0 radical (unpaired) electrons. The monoisotopic (exact) mass is 673 g/mol. The first-order valence-corrected chi connectivity index (χ1v) is 21.0. The average Bonchev–Trinajstić information content (AvgIpc) is 3.42. The van der Waals surface area contributed by atoms with Crippen LogP contribution in [-0.2, 0) is 16.2 Å². The second-order valence-electron chi connectivity index (χ2n) is 15.8. The molecule has 272 valence electrons. The van der Waals surface area contributed by atoms with Gasteiger partial charge in [0.2, 0.25) is 0 Å². The molecule has 0 spiro atoms. The number of benzene rings is 3. The Morgan fingerprint density at radius 1 is 0.600 bits per heavy atom. The predicted molar refractivity (Wildman–Crippen MR) is 223 cm³/mol. The molecule has 3 aromatic rings. The van der Waals surface area contributed by atoms with Crippen LogP contribution in [-0.4, -0.2) is 0 Å².